The third-order valence-electron chi connectivity index (χ3n) is 4.56. The number of halogens is 1. The van der Waals surface area contributed by atoms with Gasteiger partial charge in [-0.05, 0) is 53.0 Å². The molecule has 28 heavy (non-hydrogen) atoms. The highest BCUT2D eigenvalue weighted by Crippen LogP contribution is 2.32. The maximum atomic E-state index is 12.8. The SMILES string of the molecule is COc1ccc(NC(=O)C2CCCN(S(=O)(=O)c3ccc(Br)s3)C2)c(OC)c1. The molecule has 7 nitrogen and oxygen atoms in total. The lowest BCUT2D eigenvalue weighted by atomic mass is 9.98. The number of thiophene rings is 1. The Hall–Kier alpha value is -1.62. The van der Waals surface area contributed by atoms with Crippen molar-refractivity contribution in [1.29, 1.82) is 0 Å². The van der Waals surface area contributed by atoms with E-state index in [1.807, 2.05) is 0 Å². The lowest BCUT2D eigenvalue weighted by Gasteiger charge is -2.30. The van der Waals surface area contributed by atoms with E-state index in [0.717, 1.165) is 3.79 Å². The van der Waals surface area contributed by atoms with Gasteiger partial charge in [0.05, 0.1) is 29.6 Å². The molecule has 10 heteroatoms. The summed E-state index contributed by atoms with van der Waals surface area (Å²) in [6.07, 6.45) is 1.26. The molecule has 1 aromatic carbocycles. The molecule has 1 aliphatic heterocycles. The number of rotatable bonds is 6. The minimum absolute atomic E-state index is 0.155. The quantitative estimate of drug-likeness (QED) is 0.671. The maximum Gasteiger partial charge on any atom is 0.252 e. The van der Waals surface area contributed by atoms with Crippen molar-refractivity contribution in [3.8, 4) is 11.5 Å². The van der Waals surface area contributed by atoms with Crippen LogP contribution in [0, 0.1) is 5.92 Å². The average molecular weight is 489 g/mol. The molecule has 1 N–H and O–H groups in total. The molecular formula is C18H21BrN2O5S2. The van der Waals surface area contributed by atoms with E-state index in [9.17, 15) is 13.2 Å². The van der Waals surface area contributed by atoms with Crippen molar-refractivity contribution in [1.82, 2.24) is 4.31 Å². The zero-order valence-electron chi connectivity index (χ0n) is 15.5. The fourth-order valence-electron chi connectivity index (χ4n) is 3.07. The number of amides is 1. The predicted molar refractivity (Wildman–Crippen MR) is 112 cm³/mol. The Morgan fingerprint density at radius 2 is 2.04 bits per heavy atom. The molecule has 1 aromatic heterocycles. The molecular weight excluding hydrogens is 468 g/mol. The molecule has 0 saturated carbocycles. The van der Waals surface area contributed by atoms with Crippen LogP contribution >= 0.6 is 27.3 Å². The summed E-state index contributed by atoms with van der Waals surface area (Å²) in [5.74, 6) is 0.442. The van der Waals surface area contributed by atoms with E-state index >= 15 is 0 Å². The van der Waals surface area contributed by atoms with Gasteiger partial charge in [0.15, 0.2) is 0 Å². The number of piperidine rings is 1. The molecule has 0 bridgehead atoms. The van der Waals surface area contributed by atoms with Crippen LogP contribution in [0.5, 0.6) is 11.5 Å². The summed E-state index contributed by atoms with van der Waals surface area (Å²) < 4.78 is 38.6. The monoisotopic (exact) mass is 488 g/mol. The number of hydrogen-bond acceptors (Lipinski definition) is 6. The van der Waals surface area contributed by atoms with Crippen LogP contribution in [0.3, 0.4) is 0 Å². The first-order valence-electron chi connectivity index (χ1n) is 8.63. The summed E-state index contributed by atoms with van der Waals surface area (Å²) in [4.78, 5) is 12.8. The van der Waals surface area contributed by atoms with Crippen LogP contribution < -0.4 is 14.8 Å². The Balaban J connectivity index is 1.73. The van der Waals surface area contributed by atoms with Gasteiger partial charge in [0.2, 0.25) is 5.91 Å². The van der Waals surface area contributed by atoms with Crippen LogP contribution in [0.25, 0.3) is 0 Å². The standard InChI is InChI=1S/C18H21BrN2O5S2/c1-25-13-5-6-14(15(10-13)26-2)20-18(22)12-4-3-9-21(11-12)28(23,24)17-8-7-16(19)27-17/h5-8,10,12H,3-4,9,11H2,1-2H3,(H,20,22). The molecule has 0 aliphatic carbocycles. The van der Waals surface area contributed by atoms with Gasteiger partial charge in [-0.25, -0.2) is 8.42 Å². The van der Waals surface area contributed by atoms with E-state index < -0.39 is 15.9 Å². The Morgan fingerprint density at radius 1 is 1.25 bits per heavy atom. The zero-order chi connectivity index (χ0) is 20.3. The number of anilines is 1. The molecule has 152 valence electrons. The number of nitrogens with one attached hydrogen (secondary N) is 1. The first-order chi connectivity index (χ1) is 13.3. The van der Waals surface area contributed by atoms with Gasteiger partial charge >= 0.3 is 0 Å². The second kappa shape index (κ2) is 8.81. The molecule has 1 atom stereocenters. The van der Waals surface area contributed by atoms with Gasteiger partial charge in [-0.15, -0.1) is 11.3 Å². The molecule has 3 rings (SSSR count). The fraction of sp³-hybridized carbons (Fsp3) is 0.389. The second-order valence-electron chi connectivity index (χ2n) is 6.32. The lowest BCUT2D eigenvalue weighted by molar-refractivity contribution is -0.120. The minimum Gasteiger partial charge on any atom is -0.497 e. The van der Waals surface area contributed by atoms with E-state index in [-0.39, 0.29) is 16.7 Å². The van der Waals surface area contributed by atoms with Crippen LogP contribution in [0.4, 0.5) is 5.69 Å². The van der Waals surface area contributed by atoms with Gasteiger partial charge in [0.25, 0.3) is 10.0 Å². The Morgan fingerprint density at radius 3 is 2.68 bits per heavy atom. The van der Waals surface area contributed by atoms with Gasteiger partial charge in [-0.2, -0.15) is 4.31 Å². The van der Waals surface area contributed by atoms with Crippen molar-refractivity contribution >= 4 is 48.9 Å². The van der Waals surface area contributed by atoms with Crippen LogP contribution in [-0.2, 0) is 14.8 Å². The van der Waals surface area contributed by atoms with Crippen molar-refractivity contribution in [3.05, 3.63) is 34.1 Å². The molecule has 2 aromatic rings. The molecule has 2 heterocycles. The number of sulfonamides is 1. The summed E-state index contributed by atoms with van der Waals surface area (Å²) in [6.45, 7) is 0.565. The summed E-state index contributed by atoms with van der Waals surface area (Å²) in [5, 5.41) is 2.85. The van der Waals surface area contributed by atoms with Crippen LogP contribution in [0.1, 0.15) is 12.8 Å². The normalized spacial score (nSPS) is 17.9. The zero-order valence-corrected chi connectivity index (χ0v) is 18.7. The first kappa shape index (κ1) is 21.1. The number of benzene rings is 1. The Labute approximate surface area is 176 Å². The van der Waals surface area contributed by atoms with E-state index in [0.29, 0.717) is 36.6 Å². The van der Waals surface area contributed by atoms with Gasteiger partial charge in [0.1, 0.15) is 15.7 Å². The van der Waals surface area contributed by atoms with Crippen LogP contribution in [0.2, 0.25) is 0 Å². The van der Waals surface area contributed by atoms with E-state index in [1.54, 1.807) is 37.4 Å². The summed E-state index contributed by atoms with van der Waals surface area (Å²) in [7, 11) is -0.537. The number of carbonyl (C=O) groups is 1. The van der Waals surface area contributed by atoms with Gasteiger partial charge in [-0.1, -0.05) is 0 Å². The molecule has 1 saturated heterocycles. The maximum absolute atomic E-state index is 12.8. The molecule has 0 radical (unpaired) electrons. The molecule has 1 unspecified atom stereocenters. The highest BCUT2D eigenvalue weighted by molar-refractivity contribution is 9.11. The smallest absolute Gasteiger partial charge is 0.252 e. The first-order valence-corrected chi connectivity index (χ1v) is 11.7. The van der Waals surface area contributed by atoms with Gasteiger partial charge in [-0.3, -0.25) is 4.79 Å². The van der Waals surface area contributed by atoms with Crippen molar-refractivity contribution < 1.29 is 22.7 Å². The highest BCUT2D eigenvalue weighted by Gasteiger charge is 2.34. The summed E-state index contributed by atoms with van der Waals surface area (Å²) in [6, 6.07) is 8.40. The lowest BCUT2D eigenvalue weighted by Crippen LogP contribution is -2.43. The van der Waals surface area contributed by atoms with Crippen LogP contribution in [-0.4, -0.2) is 45.9 Å². The third kappa shape index (κ3) is 4.51. The topological polar surface area (TPSA) is 84.9 Å². The van der Waals surface area contributed by atoms with E-state index in [1.165, 1.54) is 22.8 Å². The van der Waals surface area contributed by atoms with Gasteiger partial charge in [0, 0.05) is 19.2 Å². The molecule has 1 aliphatic rings. The number of methoxy groups -OCH3 is 2. The molecule has 1 amide bonds. The number of ether oxygens (including phenoxy) is 2. The van der Waals surface area contributed by atoms with Crippen molar-refractivity contribution in [2.45, 2.75) is 17.1 Å². The van der Waals surface area contributed by atoms with E-state index in [2.05, 4.69) is 21.2 Å². The Kier molecular flexibility index (Phi) is 6.64. The Bertz CT molecular complexity index is 961. The van der Waals surface area contributed by atoms with Crippen molar-refractivity contribution in [3.63, 3.8) is 0 Å². The van der Waals surface area contributed by atoms with Crippen molar-refractivity contribution in [2.24, 2.45) is 5.92 Å². The number of carbonyl (C=O) groups excluding carboxylic acids is 1. The van der Waals surface area contributed by atoms with Crippen LogP contribution in [0.15, 0.2) is 38.3 Å². The minimum atomic E-state index is -3.60. The fourth-order valence-corrected chi connectivity index (χ4v) is 6.76. The highest BCUT2D eigenvalue weighted by atomic mass is 79.9. The second-order valence-corrected chi connectivity index (χ2v) is 10.9. The molecule has 0 spiro atoms. The molecule has 1 fully saturated rings. The van der Waals surface area contributed by atoms with Crippen molar-refractivity contribution in [2.75, 3.05) is 32.6 Å². The summed E-state index contributed by atoms with van der Waals surface area (Å²) >= 11 is 4.46. The largest absolute Gasteiger partial charge is 0.497 e. The van der Waals surface area contributed by atoms with Gasteiger partial charge < -0.3 is 14.8 Å². The third-order valence-corrected chi connectivity index (χ3v) is 8.52. The average Bonchev–Trinajstić information content (AvgIpc) is 3.15. The predicted octanol–water partition coefficient (Wildman–Crippen LogP) is 3.57. The van der Waals surface area contributed by atoms with E-state index in [4.69, 9.17) is 9.47 Å². The summed E-state index contributed by atoms with van der Waals surface area (Å²) in [5.41, 5.74) is 0.524. The number of nitrogens with zero attached hydrogens (tertiary/aromatic N) is 1. The number of hydrogen-bond donors (Lipinski definition) is 1.